The zero-order chi connectivity index (χ0) is 11.4. The third kappa shape index (κ3) is 2.58. The monoisotopic (exact) mass is 215 g/mol. The van der Waals surface area contributed by atoms with Gasteiger partial charge >= 0.3 is 0 Å². The quantitative estimate of drug-likeness (QED) is 0.820. The van der Waals surface area contributed by atoms with Crippen LogP contribution in [0, 0.1) is 0 Å². The number of hydrogen-bond acceptors (Lipinski definition) is 5. The second-order valence-electron chi connectivity index (χ2n) is 3.69. The van der Waals surface area contributed by atoms with Gasteiger partial charge in [0.2, 0.25) is 0 Å². The van der Waals surface area contributed by atoms with Crippen molar-refractivity contribution in [1.82, 2.24) is 19.9 Å². The van der Waals surface area contributed by atoms with Gasteiger partial charge in [-0.1, -0.05) is 0 Å². The maximum atomic E-state index is 5.70. The Morgan fingerprint density at radius 3 is 2.44 bits per heavy atom. The van der Waals surface area contributed by atoms with Crippen LogP contribution in [0.5, 0.6) is 0 Å². The Morgan fingerprint density at radius 2 is 1.88 bits per heavy atom. The van der Waals surface area contributed by atoms with E-state index in [9.17, 15) is 0 Å². The average Bonchev–Trinajstić information content (AvgIpc) is 2.30. The van der Waals surface area contributed by atoms with Crippen LogP contribution in [0.3, 0.4) is 0 Å². The molecule has 2 rings (SSSR count). The maximum Gasteiger partial charge on any atom is 0.179 e. The van der Waals surface area contributed by atoms with Crippen LogP contribution < -0.4 is 5.73 Å². The van der Waals surface area contributed by atoms with E-state index in [1.807, 2.05) is 6.92 Å². The molecule has 2 heterocycles. The maximum absolute atomic E-state index is 5.70. The minimum absolute atomic E-state index is 0.117. The first-order valence-corrected chi connectivity index (χ1v) is 5.08. The summed E-state index contributed by atoms with van der Waals surface area (Å²) in [6, 6.07) is 0.117. The minimum Gasteiger partial charge on any atom is -0.328 e. The summed E-state index contributed by atoms with van der Waals surface area (Å²) in [5.41, 5.74) is 7.40. The van der Waals surface area contributed by atoms with Gasteiger partial charge in [-0.25, -0.2) is 15.0 Å². The normalized spacial score (nSPS) is 12.4. The largest absolute Gasteiger partial charge is 0.328 e. The fraction of sp³-hybridized carbons (Fsp3) is 0.273. The molecule has 0 saturated carbocycles. The summed E-state index contributed by atoms with van der Waals surface area (Å²) in [4.78, 5) is 16.6. The molecular weight excluding hydrogens is 202 g/mol. The molecule has 0 aromatic carbocycles. The van der Waals surface area contributed by atoms with E-state index in [0.717, 1.165) is 12.0 Å². The molecule has 0 fully saturated rings. The molecule has 0 bridgehead atoms. The van der Waals surface area contributed by atoms with Gasteiger partial charge in [0.05, 0.1) is 6.20 Å². The van der Waals surface area contributed by atoms with Crippen molar-refractivity contribution < 1.29 is 0 Å². The van der Waals surface area contributed by atoms with Crippen LogP contribution in [0.25, 0.3) is 11.5 Å². The van der Waals surface area contributed by atoms with Gasteiger partial charge in [0.1, 0.15) is 5.69 Å². The summed E-state index contributed by atoms with van der Waals surface area (Å²) in [6.07, 6.45) is 9.21. The summed E-state index contributed by atoms with van der Waals surface area (Å²) >= 11 is 0. The predicted molar refractivity (Wildman–Crippen MR) is 60.4 cm³/mol. The lowest BCUT2D eigenvalue weighted by atomic mass is 10.1. The molecule has 0 aliphatic heterocycles. The van der Waals surface area contributed by atoms with Crippen molar-refractivity contribution in [2.45, 2.75) is 19.4 Å². The minimum atomic E-state index is 0.117. The van der Waals surface area contributed by atoms with Crippen molar-refractivity contribution in [1.29, 1.82) is 0 Å². The van der Waals surface area contributed by atoms with Crippen molar-refractivity contribution >= 4 is 0 Å². The van der Waals surface area contributed by atoms with Crippen molar-refractivity contribution in [3.05, 3.63) is 36.5 Å². The molecule has 2 aromatic heterocycles. The summed E-state index contributed by atoms with van der Waals surface area (Å²) in [5.74, 6) is 0.585. The van der Waals surface area contributed by atoms with Crippen LogP contribution in [0.1, 0.15) is 12.5 Å². The molecule has 0 saturated heterocycles. The Hall–Kier alpha value is -1.88. The summed E-state index contributed by atoms with van der Waals surface area (Å²) < 4.78 is 0. The molecule has 1 atom stereocenters. The van der Waals surface area contributed by atoms with Crippen LogP contribution in [0.2, 0.25) is 0 Å². The molecule has 0 aliphatic rings. The van der Waals surface area contributed by atoms with E-state index in [0.29, 0.717) is 11.5 Å². The lowest BCUT2D eigenvalue weighted by Crippen LogP contribution is -2.18. The number of aromatic nitrogens is 4. The van der Waals surface area contributed by atoms with Gasteiger partial charge < -0.3 is 5.73 Å². The Balaban J connectivity index is 2.20. The molecule has 0 aliphatic carbocycles. The third-order valence-electron chi connectivity index (χ3n) is 2.06. The summed E-state index contributed by atoms with van der Waals surface area (Å²) in [5, 5.41) is 0. The van der Waals surface area contributed by atoms with Gasteiger partial charge in [0.15, 0.2) is 5.82 Å². The van der Waals surface area contributed by atoms with E-state index >= 15 is 0 Å². The average molecular weight is 215 g/mol. The number of nitrogens with two attached hydrogens (primary N) is 1. The predicted octanol–water partition coefficient (Wildman–Crippen LogP) is 0.823. The van der Waals surface area contributed by atoms with E-state index in [2.05, 4.69) is 19.9 Å². The van der Waals surface area contributed by atoms with Crippen LogP contribution in [-0.2, 0) is 6.42 Å². The highest BCUT2D eigenvalue weighted by Gasteiger charge is 2.03. The van der Waals surface area contributed by atoms with Gasteiger partial charge in [0.25, 0.3) is 0 Å². The Kier molecular flexibility index (Phi) is 3.16. The van der Waals surface area contributed by atoms with Crippen molar-refractivity contribution in [2.75, 3.05) is 0 Å². The van der Waals surface area contributed by atoms with E-state index in [-0.39, 0.29) is 6.04 Å². The molecular formula is C11H13N5. The molecule has 2 aromatic rings. The molecule has 1 unspecified atom stereocenters. The number of rotatable bonds is 3. The van der Waals surface area contributed by atoms with Gasteiger partial charge in [-0.2, -0.15) is 0 Å². The van der Waals surface area contributed by atoms with E-state index in [4.69, 9.17) is 5.73 Å². The Labute approximate surface area is 93.8 Å². The van der Waals surface area contributed by atoms with Gasteiger partial charge in [-0.05, 0) is 18.9 Å². The van der Waals surface area contributed by atoms with E-state index in [1.165, 1.54) is 0 Å². The highest BCUT2D eigenvalue weighted by molar-refractivity contribution is 5.46. The van der Waals surface area contributed by atoms with E-state index in [1.54, 1.807) is 31.0 Å². The molecule has 5 heteroatoms. The zero-order valence-corrected chi connectivity index (χ0v) is 9.04. The van der Waals surface area contributed by atoms with Crippen molar-refractivity contribution in [2.24, 2.45) is 5.73 Å². The highest BCUT2D eigenvalue weighted by Crippen LogP contribution is 2.09. The van der Waals surface area contributed by atoms with Gasteiger partial charge in [-0.15, -0.1) is 0 Å². The Morgan fingerprint density at radius 1 is 1.12 bits per heavy atom. The Bertz CT molecular complexity index is 438. The number of nitrogens with zero attached hydrogens (tertiary/aromatic N) is 4. The third-order valence-corrected chi connectivity index (χ3v) is 2.06. The molecule has 82 valence electrons. The van der Waals surface area contributed by atoms with Crippen LogP contribution in [0.15, 0.2) is 31.0 Å². The molecule has 5 nitrogen and oxygen atoms in total. The standard InChI is InChI=1S/C11H13N5/c1-8(12)4-9-5-15-11(16-6-9)10-7-13-2-3-14-10/h2-3,5-8H,4,12H2,1H3. The van der Waals surface area contributed by atoms with Crippen LogP contribution in [0.4, 0.5) is 0 Å². The SMILES string of the molecule is CC(N)Cc1cnc(-c2cnccn2)nc1. The first-order valence-electron chi connectivity index (χ1n) is 5.08. The van der Waals surface area contributed by atoms with Gasteiger partial charge in [0, 0.05) is 30.8 Å². The topological polar surface area (TPSA) is 77.6 Å². The van der Waals surface area contributed by atoms with E-state index < -0.39 is 0 Å². The zero-order valence-electron chi connectivity index (χ0n) is 9.04. The number of hydrogen-bond donors (Lipinski definition) is 1. The molecule has 16 heavy (non-hydrogen) atoms. The summed E-state index contributed by atoms with van der Waals surface area (Å²) in [6.45, 7) is 1.95. The molecule has 0 amide bonds. The highest BCUT2D eigenvalue weighted by atomic mass is 14.9. The summed E-state index contributed by atoms with van der Waals surface area (Å²) in [7, 11) is 0. The van der Waals surface area contributed by atoms with Crippen LogP contribution >= 0.6 is 0 Å². The first kappa shape index (κ1) is 10.6. The fourth-order valence-electron chi connectivity index (χ4n) is 1.38. The first-order chi connectivity index (χ1) is 7.75. The second-order valence-corrected chi connectivity index (χ2v) is 3.69. The second kappa shape index (κ2) is 4.76. The van der Waals surface area contributed by atoms with Crippen molar-refractivity contribution in [3.8, 4) is 11.5 Å². The molecule has 0 radical (unpaired) electrons. The fourth-order valence-corrected chi connectivity index (χ4v) is 1.38. The lowest BCUT2D eigenvalue weighted by Gasteiger charge is -2.04. The molecule has 2 N–H and O–H groups in total. The lowest BCUT2D eigenvalue weighted by molar-refractivity contribution is 0.732. The van der Waals surface area contributed by atoms with Crippen molar-refractivity contribution in [3.63, 3.8) is 0 Å². The molecule has 0 spiro atoms. The van der Waals surface area contributed by atoms with Crippen LogP contribution in [-0.4, -0.2) is 26.0 Å². The van der Waals surface area contributed by atoms with Gasteiger partial charge in [-0.3, -0.25) is 4.98 Å². The smallest absolute Gasteiger partial charge is 0.179 e.